The molecule has 0 atom stereocenters. The van der Waals surface area contributed by atoms with Gasteiger partial charge in [-0.3, -0.25) is 4.79 Å². The molecule has 0 bridgehead atoms. The van der Waals surface area contributed by atoms with E-state index in [2.05, 4.69) is 4.72 Å². The first kappa shape index (κ1) is 16.5. The van der Waals surface area contributed by atoms with Crippen LogP contribution in [0.15, 0.2) is 29.2 Å². The number of hydrogen-bond donors (Lipinski definition) is 1. The van der Waals surface area contributed by atoms with E-state index < -0.39 is 10.0 Å². The molecule has 1 fully saturated rings. The van der Waals surface area contributed by atoms with Gasteiger partial charge in [0.05, 0.1) is 10.5 Å². The molecule has 1 amide bonds. The van der Waals surface area contributed by atoms with E-state index in [1.165, 1.54) is 12.1 Å². The molecular weight excluding hydrogens is 302 g/mol. The summed E-state index contributed by atoms with van der Waals surface area (Å²) >= 11 is 0. The maximum absolute atomic E-state index is 12.4. The summed E-state index contributed by atoms with van der Waals surface area (Å²) in [5, 5.41) is 9.02. The zero-order valence-corrected chi connectivity index (χ0v) is 13.3. The number of benzene rings is 1. The molecule has 7 heteroatoms. The van der Waals surface area contributed by atoms with Gasteiger partial charge in [-0.2, -0.15) is 5.26 Å². The van der Waals surface area contributed by atoms with Crippen molar-refractivity contribution >= 4 is 15.9 Å². The van der Waals surface area contributed by atoms with E-state index in [9.17, 15) is 13.2 Å². The second-order valence-electron chi connectivity index (χ2n) is 5.24. The van der Waals surface area contributed by atoms with Gasteiger partial charge in [0.15, 0.2) is 0 Å². The molecule has 0 aromatic heterocycles. The van der Waals surface area contributed by atoms with E-state index in [0.717, 1.165) is 0 Å². The summed E-state index contributed by atoms with van der Waals surface area (Å²) in [6, 6.07) is 7.82. The van der Waals surface area contributed by atoms with Crippen molar-refractivity contribution < 1.29 is 13.2 Å². The smallest absolute Gasteiger partial charge is 0.242 e. The van der Waals surface area contributed by atoms with Crippen molar-refractivity contribution in [1.82, 2.24) is 9.62 Å². The summed E-state index contributed by atoms with van der Waals surface area (Å²) in [6.45, 7) is 2.93. The van der Waals surface area contributed by atoms with Crippen LogP contribution in [0.4, 0.5) is 0 Å². The lowest BCUT2D eigenvalue weighted by Gasteiger charge is -2.32. The summed E-state index contributed by atoms with van der Waals surface area (Å²) in [5.41, 5.74) is 0.133. The average molecular weight is 321 g/mol. The van der Waals surface area contributed by atoms with Crippen LogP contribution in [-0.2, 0) is 14.8 Å². The summed E-state index contributed by atoms with van der Waals surface area (Å²) < 4.78 is 27.5. The molecular formula is C15H19N3O3S. The quantitative estimate of drug-likeness (QED) is 0.903. The van der Waals surface area contributed by atoms with Crippen molar-refractivity contribution in [3.05, 3.63) is 29.8 Å². The highest BCUT2D eigenvalue weighted by atomic mass is 32.2. The largest absolute Gasteiger partial charge is 0.343 e. The SMILES string of the molecule is CCC(=O)N1CCC(NS(=O)(=O)c2ccccc2C#N)CC1. The maximum Gasteiger partial charge on any atom is 0.242 e. The van der Waals surface area contributed by atoms with Crippen molar-refractivity contribution in [2.45, 2.75) is 37.1 Å². The molecule has 6 nitrogen and oxygen atoms in total. The Kier molecular flexibility index (Phi) is 5.16. The van der Waals surface area contributed by atoms with E-state index in [0.29, 0.717) is 32.4 Å². The number of rotatable bonds is 4. The van der Waals surface area contributed by atoms with Gasteiger partial charge in [-0.1, -0.05) is 19.1 Å². The molecule has 22 heavy (non-hydrogen) atoms. The molecule has 1 aromatic rings. The van der Waals surface area contributed by atoms with Gasteiger partial charge in [0.2, 0.25) is 15.9 Å². The Balaban J connectivity index is 2.05. The molecule has 118 valence electrons. The fraction of sp³-hybridized carbons (Fsp3) is 0.467. The monoisotopic (exact) mass is 321 g/mol. The first-order chi connectivity index (χ1) is 10.5. The summed E-state index contributed by atoms with van der Waals surface area (Å²) in [6.07, 6.45) is 1.63. The molecule has 0 spiro atoms. The van der Waals surface area contributed by atoms with Crippen molar-refractivity contribution in [3.63, 3.8) is 0 Å². The molecule has 0 radical (unpaired) electrons. The third-order valence-corrected chi connectivity index (χ3v) is 5.35. The van der Waals surface area contributed by atoms with Gasteiger partial charge in [0.1, 0.15) is 6.07 Å². The van der Waals surface area contributed by atoms with Crippen molar-refractivity contribution in [2.75, 3.05) is 13.1 Å². The molecule has 2 rings (SSSR count). The number of sulfonamides is 1. The molecule has 1 heterocycles. The van der Waals surface area contributed by atoms with E-state index in [-0.39, 0.29) is 22.4 Å². The molecule has 0 saturated carbocycles. The van der Waals surface area contributed by atoms with Gasteiger partial charge in [-0.05, 0) is 25.0 Å². The number of nitriles is 1. The van der Waals surface area contributed by atoms with Crippen molar-refractivity contribution in [1.29, 1.82) is 5.26 Å². The van der Waals surface area contributed by atoms with Gasteiger partial charge in [-0.25, -0.2) is 13.1 Å². The van der Waals surface area contributed by atoms with Crippen LogP contribution in [-0.4, -0.2) is 38.4 Å². The number of amides is 1. The van der Waals surface area contributed by atoms with Crippen LogP contribution in [0.25, 0.3) is 0 Å². The molecule has 1 N–H and O–H groups in total. The van der Waals surface area contributed by atoms with Crippen LogP contribution in [0.5, 0.6) is 0 Å². The van der Waals surface area contributed by atoms with Crippen LogP contribution >= 0.6 is 0 Å². The van der Waals surface area contributed by atoms with Gasteiger partial charge in [0, 0.05) is 25.6 Å². The number of nitrogens with one attached hydrogen (secondary N) is 1. The zero-order chi connectivity index (χ0) is 16.2. The lowest BCUT2D eigenvalue weighted by atomic mass is 10.1. The summed E-state index contributed by atoms with van der Waals surface area (Å²) in [4.78, 5) is 13.4. The third-order valence-electron chi connectivity index (χ3n) is 3.77. The fourth-order valence-electron chi connectivity index (χ4n) is 2.55. The van der Waals surface area contributed by atoms with Crippen molar-refractivity contribution in [2.24, 2.45) is 0 Å². The molecule has 0 unspecified atom stereocenters. The van der Waals surface area contributed by atoms with E-state index >= 15 is 0 Å². The van der Waals surface area contributed by atoms with Gasteiger partial charge >= 0.3 is 0 Å². The zero-order valence-electron chi connectivity index (χ0n) is 12.4. The highest BCUT2D eigenvalue weighted by molar-refractivity contribution is 7.89. The maximum atomic E-state index is 12.4. The van der Waals surface area contributed by atoms with Crippen LogP contribution < -0.4 is 4.72 Å². The van der Waals surface area contributed by atoms with E-state index in [4.69, 9.17) is 5.26 Å². The number of carbonyl (C=O) groups is 1. The normalized spacial score (nSPS) is 16.3. The number of piperidine rings is 1. The Hall–Kier alpha value is -1.91. The Morgan fingerprint density at radius 1 is 1.36 bits per heavy atom. The molecule has 0 aliphatic carbocycles. The van der Waals surface area contributed by atoms with Crippen LogP contribution in [0.1, 0.15) is 31.7 Å². The van der Waals surface area contributed by atoms with E-state index in [1.54, 1.807) is 17.0 Å². The fourth-order valence-corrected chi connectivity index (χ4v) is 4.01. The standard InChI is InChI=1S/C15H19N3O3S/c1-2-15(19)18-9-7-13(8-10-18)17-22(20,21)14-6-4-3-5-12(14)11-16/h3-6,13,17H,2,7-10H2,1H3. The lowest BCUT2D eigenvalue weighted by molar-refractivity contribution is -0.131. The third kappa shape index (κ3) is 3.64. The Morgan fingerprint density at radius 3 is 2.59 bits per heavy atom. The molecule has 1 aliphatic heterocycles. The predicted molar refractivity (Wildman–Crippen MR) is 81.4 cm³/mol. The van der Waals surface area contributed by atoms with Crippen LogP contribution in [0.3, 0.4) is 0 Å². The number of hydrogen-bond acceptors (Lipinski definition) is 4. The first-order valence-corrected chi connectivity index (χ1v) is 8.75. The number of nitrogens with zero attached hydrogens (tertiary/aromatic N) is 2. The minimum atomic E-state index is -3.72. The summed E-state index contributed by atoms with van der Waals surface area (Å²) in [5.74, 6) is 0.0936. The average Bonchev–Trinajstić information content (AvgIpc) is 2.54. The highest BCUT2D eigenvalue weighted by Crippen LogP contribution is 2.18. The van der Waals surface area contributed by atoms with Gasteiger partial charge in [-0.15, -0.1) is 0 Å². The summed E-state index contributed by atoms with van der Waals surface area (Å²) in [7, 11) is -3.72. The Morgan fingerprint density at radius 2 is 2.00 bits per heavy atom. The second-order valence-corrected chi connectivity index (χ2v) is 6.92. The Bertz CT molecular complexity index is 686. The number of carbonyl (C=O) groups excluding carboxylic acids is 1. The van der Waals surface area contributed by atoms with Gasteiger partial charge in [0.25, 0.3) is 0 Å². The van der Waals surface area contributed by atoms with Crippen molar-refractivity contribution in [3.8, 4) is 6.07 Å². The highest BCUT2D eigenvalue weighted by Gasteiger charge is 2.27. The minimum absolute atomic E-state index is 0.00423. The van der Waals surface area contributed by atoms with E-state index in [1.807, 2.05) is 13.0 Å². The topological polar surface area (TPSA) is 90.3 Å². The van der Waals surface area contributed by atoms with Gasteiger partial charge < -0.3 is 4.90 Å². The lowest BCUT2D eigenvalue weighted by Crippen LogP contribution is -2.46. The molecule has 1 aromatic carbocycles. The Labute approximate surface area is 130 Å². The minimum Gasteiger partial charge on any atom is -0.343 e. The second kappa shape index (κ2) is 6.90. The van der Waals surface area contributed by atoms with Crippen LogP contribution in [0, 0.1) is 11.3 Å². The first-order valence-electron chi connectivity index (χ1n) is 7.27. The van der Waals surface area contributed by atoms with Crippen LogP contribution in [0.2, 0.25) is 0 Å². The number of likely N-dealkylation sites (tertiary alicyclic amines) is 1. The molecule has 1 saturated heterocycles. The predicted octanol–water partition coefficient (Wildman–Crippen LogP) is 1.24. The molecule has 1 aliphatic rings.